The first kappa shape index (κ1) is 21.7. The van der Waals surface area contributed by atoms with Crippen LogP contribution in [0.3, 0.4) is 0 Å². The Morgan fingerprint density at radius 1 is 0.560 bits per heavy atom. The zero-order valence-electron chi connectivity index (χ0n) is 13.1. The second-order valence-corrected chi connectivity index (χ2v) is 8.59. The van der Waals surface area contributed by atoms with Crippen LogP contribution in [-0.4, -0.2) is 24.7 Å². The predicted molar refractivity (Wildman–Crippen MR) is 99.2 cm³/mol. The Bertz CT molecular complexity index is 719. The van der Waals surface area contributed by atoms with Gasteiger partial charge in [-0.2, -0.15) is 0 Å². The van der Waals surface area contributed by atoms with Crippen molar-refractivity contribution in [1.29, 1.82) is 0 Å². The molecule has 0 aliphatic heterocycles. The first-order valence-corrected chi connectivity index (χ1v) is 11.2. The van der Waals surface area contributed by atoms with E-state index in [-0.39, 0.29) is 0 Å². The second-order valence-electron chi connectivity index (χ2n) is 4.52. The van der Waals surface area contributed by atoms with Crippen LogP contribution in [0.1, 0.15) is 0 Å². The minimum atomic E-state index is -2.40. The van der Waals surface area contributed by atoms with Crippen molar-refractivity contribution in [2.45, 2.75) is 0 Å². The number of hydrogen-bond donors (Lipinski definition) is 0. The first-order valence-electron chi connectivity index (χ1n) is 7.13. The van der Waals surface area contributed by atoms with Crippen LogP contribution in [0.2, 0.25) is 0 Å². The molecule has 2 atom stereocenters. The van der Waals surface area contributed by atoms with Crippen molar-refractivity contribution in [3.8, 4) is 0 Å². The van der Waals surface area contributed by atoms with Gasteiger partial charge in [0, 0.05) is 0 Å². The summed E-state index contributed by atoms with van der Waals surface area (Å²) in [7, 11) is -4.79. The fraction of sp³-hybridized carbons (Fsp3) is 0. The molecule has 2 radical (unpaired) electrons. The van der Waals surface area contributed by atoms with Gasteiger partial charge in [0.05, 0.1) is 0 Å². The standard InChI is InChI=1S/2C6H5O2P.C6H5.Bi/c2*7-9(8)6-4-2-1-3-5-6;1-2-4-6-5-3-1;/h2*1-5H;1-5H;/q;;;+2. The molecule has 0 aliphatic carbocycles. The normalized spacial score (nSPS) is 10.3. The Morgan fingerprint density at radius 2 is 0.840 bits per heavy atom. The van der Waals surface area contributed by atoms with Gasteiger partial charge in [0.25, 0.3) is 0 Å². The molecule has 0 saturated carbocycles. The third-order valence-corrected chi connectivity index (χ3v) is 5.29. The van der Waals surface area contributed by atoms with E-state index in [1.807, 2.05) is 6.07 Å². The Labute approximate surface area is 164 Å². The van der Waals surface area contributed by atoms with Crippen LogP contribution in [0.25, 0.3) is 0 Å². The molecule has 3 aromatic carbocycles. The maximum absolute atomic E-state index is 10.2. The van der Waals surface area contributed by atoms with Gasteiger partial charge in [-0.05, 0) is 24.3 Å². The van der Waals surface area contributed by atoms with Gasteiger partial charge in [0.15, 0.2) is 10.6 Å². The van der Waals surface area contributed by atoms with Crippen molar-refractivity contribution in [3.63, 3.8) is 0 Å². The summed E-state index contributed by atoms with van der Waals surface area (Å²) in [5.41, 5.74) is 0. The van der Waals surface area contributed by atoms with Gasteiger partial charge in [-0.3, -0.25) is 0 Å². The molecule has 0 saturated heterocycles. The minimum absolute atomic E-state index is 0.368. The van der Waals surface area contributed by atoms with E-state index >= 15 is 0 Å². The summed E-state index contributed by atoms with van der Waals surface area (Å²) in [5, 5.41) is 0.736. The molecule has 7 heteroatoms. The van der Waals surface area contributed by atoms with Crippen LogP contribution < -0.4 is 23.7 Å². The van der Waals surface area contributed by atoms with Crippen molar-refractivity contribution in [2.75, 3.05) is 0 Å². The molecular formula is C18H15BiO4P2+2. The van der Waals surface area contributed by atoms with Crippen molar-refractivity contribution < 1.29 is 18.9 Å². The van der Waals surface area contributed by atoms with E-state index in [4.69, 9.17) is 0 Å². The zero-order valence-corrected chi connectivity index (χ0v) is 18.4. The Morgan fingerprint density at radius 3 is 1.00 bits per heavy atom. The predicted octanol–water partition coefficient (Wildman–Crippen LogP) is 1.31. The van der Waals surface area contributed by atoms with Gasteiger partial charge in [0.1, 0.15) is 0 Å². The van der Waals surface area contributed by atoms with E-state index < -0.39 is 16.1 Å². The number of hydrogen-bond acceptors (Lipinski definition) is 4. The van der Waals surface area contributed by atoms with E-state index in [0.717, 1.165) is 0 Å². The average Bonchev–Trinajstić information content (AvgIpc) is 2.65. The summed E-state index contributed by atoms with van der Waals surface area (Å²) in [6.07, 6.45) is 0. The number of rotatable bonds is 2. The van der Waals surface area contributed by atoms with E-state index in [0.29, 0.717) is 10.6 Å². The molecule has 0 aromatic heterocycles. The van der Waals surface area contributed by atoms with Crippen molar-refractivity contribution in [1.82, 2.24) is 0 Å². The fourth-order valence-electron chi connectivity index (χ4n) is 1.53. The quantitative estimate of drug-likeness (QED) is 0.347. The van der Waals surface area contributed by atoms with Gasteiger partial charge in [-0.1, -0.05) is 45.5 Å². The van der Waals surface area contributed by atoms with Crippen LogP contribution >= 0.6 is 16.1 Å². The van der Waals surface area contributed by atoms with Crippen molar-refractivity contribution in [2.24, 2.45) is 0 Å². The first-order chi connectivity index (χ1) is 12.0. The summed E-state index contributed by atoms with van der Waals surface area (Å²) >= 11 is 1.36. The molecule has 25 heavy (non-hydrogen) atoms. The molecule has 4 nitrogen and oxygen atoms in total. The summed E-state index contributed by atoms with van der Waals surface area (Å²) in [4.78, 5) is 20.5. The van der Waals surface area contributed by atoms with Crippen LogP contribution in [0.4, 0.5) is 0 Å². The van der Waals surface area contributed by atoms with Crippen LogP contribution in [0, 0.1) is 0 Å². The third kappa shape index (κ3) is 10.3. The molecule has 2 unspecified atom stereocenters. The molecule has 3 aromatic rings. The maximum atomic E-state index is 10.2. The molecule has 0 fully saturated rings. The summed E-state index contributed by atoms with van der Waals surface area (Å²) < 4.78 is 21.9. The molecule has 0 N–H and O–H groups in total. The summed E-state index contributed by atoms with van der Waals surface area (Å²) in [6.45, 7) is 0. The molecular weight excluding hydrogens is 551 g/mol. The molecule has 3 rings (SSSR count). The van der Waals surface area contributed by atoms with Crippen molar-refractivity contribution >= 4 is 54.7 Å². The van der Waals surface area contributed by atoms with Crippen LogP contribution in [0.15, 0.2) is 91.0 Å². The van der Waals surface area contributed by atoms with E-state index in [2.05, 4.69) is 24.3 Å². The van der Waals surface area contributed by atoms with E-state index in [1.54, 1.807) is 60.7 Å². The molecule has 0 aliphatic rings. The Balaban J connectivity index is 0.000000189. The van der Waals surface area contributed by atoms with Gasteiger partial charge >= 0.3 is 74.4 Å². The van der Waals surface area contributed by atoms with E-state index in [9.17, 15) is 18.9 Å². The molecule has 0 bridgehead atoms. The Kier molecular flexibility index (Phi) is 11.2. The number of benzene rings is 3. The van der Waals surface area contributed by atoms with Crippen LogP contribution in [0.5, 0.6) is 0 Å². The average molecular weight is 566 g/mol. The Hall–Kier alpha value is -1.34. The third-order valence-electron chi connectivity index (χ3n) is 2.69. The molecule has 0 spiro atoms. The fourth-order valence-corrected chi connectivity index (χ4v) is 3.03. The van der Waals surface area contributed by atoms with Crippen molar-refractivity contribution in [3.05, 3.63) is 91.0 Å². The second kappa shape index (κ2) is 12.9. The van der Waals surface area contributed by atoms with E-state index in [1.165, 1.54) is 28.0 Å². The monoisotopic (exact) mass is 566 g/mol. The summed E-state index contributed by atoms with van der Waals surface area (Å²) in [5.74, 6) is 0. The topological polar surface area (TPSA) is 80.3 Å². The zero-order chi connectivity index (χ0) is 18.5. The van der Waals surface area contributed by atoms with Gasteiger partial charge in [0.2, 0.25) is 0 Å². The molecule has 0 heterocycles. The SMILES string of the molecule is O=[P+]([O-])c1ccccc1.O=[P+]([O-])c1ccccc1.[Bi+2][c]1ccccc1. The summed E-state index contributed by atoms with van der Waals surface area (Å²) in [6, 6.07) is 27.0. The molecule has 124 valence electrons. The van der Waals surface area contributed by atoms with Crippen LogP contribution in [-0.2, 0) is 9.13 Å². The van der Waals surface area contributed by atoms with Gasteiger partial charge in [-0.15, -0.1) is 0 Å². The van der Waals surface area contributed by atoms with Gasteiger partial charge < -0.3 is 9.79 Å². The molecule has 0 amide bonds. The van der Waals surface area contributed by atoms with Gasteiger partial charge in [-0.25, -0.2) is 0 Å².